The molecule has 0 fully saturated rings. The van der Waals surface area contributed by atoms with Crippen molar-refractivity contribution in [2.45, 2.75) is 52.6 Å². The molecule has 29 heavy (non-hydrogen) atoms. The standard InChI is InChI=1S/C23H29NO5/c1-16(2)29-21(23(26)27)12-18-8-10-20(11-9-18)14-28-15-22(25)24-13-19-6-4-17(3)5-7-19/h4-11,16,21H,12-15H2,1-3H3,(H,24,25)(H,26,27). The predicted molar refractivity (Wildman–Crippen MR) is 110 cm³/mol. The van der Waals surface area contributed by atoms with Gasteiger partial charge >= 0.3 is 5.97 Å². The molecule has 6 heteroatoms. The van der Waals surface area contributed by atoms with E-state index in [1.54, 1.807) is 0 Å². The lowest BCUT2D eigenvalue weighted by Gasteiger charge is -2.16. The number of aliphatic carboxylic acids is 1. The molecular formula is C23H29NO5. The fourth-order valence-electron chi connectivity index (χ4n) is 2.73. The zero-order chi connectivity index (χ0) is 21.2. The van der Waals surface area contributed by atoms with Crippen molar-refractivity contribution in [2.75, 3.05) is 6.61 Å². The molecule has 1 unspecified atom stereocenters. The average molecular weight is 399 g/mol. The van der Waals surface area contributed by atoms with Gasteiger partial charge in [0.05, 0.1) is 12.7 Å². The SMILES string of the molecule is Cc1ccc(CNC(=O)COCc2ccc(CC(OC(C)C)C(=O)O)cc2)cc1. The molecule has 0 saturated carbocycles. The van der Waals surface area contributed by atoms with Gasteiger partial charge in [-0.15, -0.1) is 0 Å². The van der Waals surface area contributed by atoms with Crippen molar-refractivity contribution in [1.29, 1.82) is 0 Å². The number of hydrogen-bond donors (Lipinski definition) is 2. The molecule has 0 spiro atoms. The fourth-order valence-corrected chi connectivity index (χ4v) is 2.73. The molecule has 156 valence electrons. The Hall–Kier alpha value is -2.70. The van der Waals surface area contributed by atoms with Crippen LogP contribution < -0.4 is 5.32 Å². The van der Waals surface area contributed by atoms with Crippen LogP contribution in [0.4, 0.5) is 0 Å². The molecule has 0 aromatic heterocycles. The predicted octanol–water partition coefficient (Wildman–Crippen LogP) is 3.25. The van der Waals surface area contributed by atoms with Gasteiger partial charge in [0, 0.05) is 13.0 Å². The molecule has 1 atom stereocenters. The van der Waals surface area contributed by atoms with Crippen LogP contribution in [0.2, 0.25) is 0 Å². The minimum Gasteiger partial charge on any atom is -0.479 e. The van der Waals surface area contributed by atoms with Gasteiger partial charge in [0.25, 0.3) is 0 Å². The number of nitrogens with one attached hydrogen (secondary N) is 1. The molecule has 0 saturated heterocycles. The lowest BCUT2D eigenvalue weighted by Crippen LogP contribution is -2.29. The summed E-state index contributed by atoms with van der Waals surface area (Å²) in [5.41, 5.74) is 4.01. The summed E-state index contributed by atoms with van der Waals surface area (Å²) in [5.74, 6) is -1.14. The molecule has 1 amide bonds. The number of carbonyl (C=O) groups excluding carboxylic acids is 1. The molecule has 0 aliphatic rings. The van der Waals surface area contributed by atoms with E-state index in [4.69, 9.17) is 9.47 Å². The maximum atomic E-state index is 11.9. The van der Waals surface area contributed by atoms with E-state index in [0.29, 0.717) is 19.6 Å². The summed E-state index contributed by atoms with van der Waals surface area (Å²) in [6.45, 7) is 6.41. The zero-order valence-corrected chi connectivity index (χ0v) is 17.2. The molecule has 0 bridgehead atoms. The van der Waals surface area contributed by atoms with Crippen molar-refractivity contribution in [3.8, 4) is 0 Å². The minimum absolute atomic E-state index is 0.0169. The van der Waals surface area contributed by atoms with Crippen molar-refractivity contribution in [1.82, 2.24) is 5.32 Å². The Bertz CT molecular complexity index is 784. The second kappa shape index (κ2) is 11.3. The van der Waals surface area contributed by atoms with Crippen molar-refractivity contribution < 1.29 is 24.2 Å². The van der Waals surface area contributed by atoms with E-state index >= 15 is 0 Å². The highest BCUT2D eigenvalue weighted by Crippen LogP contribution is 2.11. The second-order valence-corrected chi connectivity index (χ2v) is 7.29. The van der Waals surface area contributed by atoms with Crippen LogP contribution in [0, 0.1) is 6.92 Å². The van der Waals surface area contributed by atoms with Gasteiger partial charge in [-0.2, -0.15) is 0 Å². The van der Waals surface area contributed by atoms with E-state index in [2.05, 4.69) is 5.32 Å². The molecular weight excluding hydrogens is 370 g/mol. The summed E-state index contributed by atoms with van der Waals surface area (Å²) < 4.78 is 10.9. The van der Waals surface area contributed by atoms with Gasteiger partial charge in [0.2, 0.25) is 5.91 Å². The van der Waals surface area contributed by atoms with E-state index < -0.39 is 12.1 Å². The smallest absolute Gasteiger partial charge is 0.333 e. The van der Waals surface area contributed by atoms with Gasteiger partial charge < -0.3 is 19.9 Å². The summed E-state index contributed by atoms with van der Waals surface area (Å²) in [4.78, 5) is 23.2. The van der Waals surface area contributed by atoms with Crippen LogP contribution in [0.3, 0.4) is 0 Å². The quantitative estimate of drug-likeness (QED) is 0.606. The third-order valence-electron chi connectivity index (χ3n) is 4.27. The topological polar surface area (TPSA) is 84.9 Å². The Labute approximate surface area is 171 Å². The van der Waals surface area contributed by atoms with Gasteiger partial charge in [-0.05, 0) is 37.5 Å². The van der Waals surface area contributed by atoms with E-state index in [0.717, 1.165) is 16.7 Å². The molecule has 0 aliphatic heterocycles. The highest BCUT2D eigenvalue weighted by molar-refractivity contribution is 5.77. The van der Waals surface area contributed by atoms with E-state index in [9.17, 15) is 14.7 Å². The Kier molecular flexibility index (Phi) is 8.83. The molecule has 0 radical (unpaired) electrons. The Morgan fingerprint density at radius 2 is 1.55 bits per heavy atom. The first-order valence-electron chi connectivity index (χ1n) is 9.69. The largest absolute Gasteiger partial charge is 0.479 e. The lowest BCUT2D eigenvalue weighted by atomic mass is 10.1. The average Bonchev–Trinajstić information content (AvgIpc) is 2.68. The molecule has 2 rings (SSSR count). The fraction of sp³-hybridized carbons (Fsp3) is 0.391. The number of aryl methyl sites for hydroxylation is 1. The van der Waals surface area contributed by atoms with Crippen LogP contribution >= 0.6 is 0 Å². The van der Waals surface area contributed by atoms with Crippen molar-refractivity contribution in [2.24, 2.45) is 0 Å². The number of rotatable bonds is 11. The Morgan fingerprint density at radius 3 is 2.14 bits per heavy atom. The minimum atomic E-state index is -0.970. The summed E-state index contributed by atoms with van der Waals surface area (Å²) in [6.07, 6.45) is -0.717. The van der Waals surface area contributed by atoms with Crippen LogP contribution in [0.15, 0.2) is 48.5 Å². The Morgan fingerprint density at radius 1 is 0.966 bits per heavy atom. The van der Waals surface area contributed by atoms with Crippen LogP contribution in [0.1, 0.15) is 36.1 Å². The number of carboxylic acids is 1. The zero-order valence-electron chi connectivity index (χ0n) is 17.2. The van der Waals surface area contributed by atoms with Crippen LogP contribution in [0.5, 0.6) is 0 Å². The van der Waals surface area contributed by atoms with E-state index in [1.807, 2.05) is 69.3 Å². The first-order valence-corrected chi connectivity index (χ1v) is 9.69. The molecule has 6 nitrogen and oxygen atoms in total. The first kappa shape index (κ1) is 22.6. The number of carbonyl (C=O) groups is 2. The molecule has 2 aromatic rings. The number of ether oxygens (including phenoxy) is 2. The van der Waals surface area contributed by atoms with Crippen molar-refractivity contribution >= 4 is 11.9 Å². The number of carboxylic acid groups (broad SMARTS) is 1. The third kappa shape index (κ3) is 8.46. The van der Waals surface area contributed by atoms with Gasteiger partial charge in [0.1, 0.15) is 6.61 Å². The van der Waals surface area contributed by atoms with Gasteiger partial charge in [-0.1, -0.05) is 54.1 Å². The summed E-state index contributed by atoms with van der Waals surface area (Å²) in [5, 5.41) is 12.1. The highest BCUT2D eigenvalue weighted by Gasteiger charge is 2.19. The second-order valence-electron chi connectivity index (χ2n) is 7.29. The van der Waals surface area contributed by atoms with Gasteiger partial charge in [-0.25, -0.2) is 4.79 Å². The van der Waals surface area contributed by atoms with Gasteiger partial charge in [-0.3, -0.25) is 4.79 Å². The number of hydrogen-bond acceptors (Lipinski definition) is 4. The molecule has 2 aromatic carbocycles. The number of benzene rings is 2. The van der Waals surface area contributed by atoms with Crippen LogP contribution in [0.25, 0.3) is 0 Å². The van der Waals surface area contributed by atoms with Crippen LogP contribution in [-0.2, 0) is 38.6 Å². The summed E-state index contributed by atoms with van der Waals surface area (Å²) in [7, 11) is 0. The third-order valence-corrected chi connectivity index (χ3v) is 4.27. The van der Waals surface area contributed by atoms with E-state index in [-0.39, 0.29) is 18.6 Å². The molecule has 0 aliphatic carbocycles. The van der Waals surface area contributed by atoms with Crippen LogP contribution in [-0.4, -0.2) is 35.8 Å². The maximum Gasteiger partial charge on any atom is 0.333 e. The normalized spacial score (nSPS) is 12.0. The summed E-state index contributed by atoms with van der Waals surface area (Å²) >= 11 is 0. The molecule has 2 N–H and O–H groups in total. The number of amides is 1. The van der Waals surface area contributed by atoms with Gasteiger partial charge in [0.15, 0.2) is 6.10 Å². The van der Waals surface area contributed by atoms with E-state index in [1.165, 1.54) is 5.56 Å². The monoisotopic (exact) mass is 399 g/mol. The first-order chi connectivity index (χ1) is 13.8. The Balaban J connectivity index is 1.73. The highest BCUT2D eigenvalue weighted by atomic mass is 16.5. The van der Waals surface area contributed by atoms with Crippen molar-refractivity contribution in [3.63, 3.8) is 0 Å². The maximum absolute atomic E-state index is 11.9. The molecule has 0 heterocycles. The summed E-state index contributed by atoms with van der Waals surface area (Å²) in [6, 6.07) is 15.4. The van der Waals surface area contributed by atoms with Crippen molar-refractivity contribution in [3.05, 3.63) is 70.8 Å². The lowest BCUT2D eigenvalue weighted by molar-refractivity contribution is -0.153.